The quantitative estimate of drug-likeness (QED) is 0.250. The van der Waals surface area contributed by atoms with Gasteiger partial charge in [-0.25, -0.2) is 0 Å². The van der Waals surface area contributed by atoms with Crippen LogP contribution < -0.4 is 9.47 Å². The summed E-state index contributed by atoms with van der Waals surface area (Å²) in [4.78, 5) is 0. The van der Waals surface area contributed by atoms with Crippen LogP contribution in [0.4, 0.5) is 0 Å². The summed E-state index contributed by atoms with van der Waals surface area (Å²) in [7, 11) is 1.69. The molecule has 0 spiro atoms. The van der Waals surface area contributed by atoms with Gasteiger partial charge in [0.15, 0.2) is 0 Å². The molecule has 0 amide bonds. The van der Waals surface area contributed by atoms with Gasteiger partial charge in [0.25, 0.3) is 0 Å². The van der Waals surface area contributed by atoms with E-state index in [0.29, 0.717) is 12.5 Å². The molecule has 0 bridgehead atoms. The molecule has 3 aromatic rings. The molecule has 1 unspecified atom stereocenters. The lowest BCUT2D eigenvalue weighted by Crippen LogP contribution is -2.05. The van der Waals surface area contributed by atoms with Crippen LogP contribution in [0.15, 0.2) is 72.8 Å². The standard InChI is InChI=1S/C33H40O2/c1-5-27(23-24(2)3)32-20-15-28(31-7-6-8-33(31)32)14-9-25-12-18-30(19-13-25)35-22-21-26-10-16-29(34-4)17-11-26/h10-13,15-20,27H,2,5-9,14,21-23H2,1,3-4H3. The number of benzene rings is 3. The number of hydrogen-bond acceptors (Lipinski definition) is 2. The number of aryl methyl sites for hydroxylation is 2. The number of hydrogen-bond donors (Lipinski definition) is 0. The Bertz CT molecular complexity index is 1110. The molecular weight excluding hydrogens is 428 g/mol. The third kappa shape index (κ3) is 6.57. The number of ether oxygens (including phenoxy) is 2. The SMILES string of the molecule is C=C(C)CC(CC)c1ccc(CCc2ccc(OCCc3ccc(OC)cc3)cc2)c2c1CCC2. The topological polar surface area (TPSA) is 18.5 Å². The molecule has 184 valence electrons. The molecule has 0 aromatic heterocycles. The molecule has 0 radical (unpaired) electrons. The Balaban J connectivity index is 1.32. The van der Waals surface area contributed by atoms with Gasteiger partial charge in [-0.05, 0) is 115 Å². The molecule has 2 nitrogen and oxygen atoms in total. The van der Waals surface area contributed by atoms with Gasteiger partial charge < -0.3 is 9.47 Å². The fourth-order valence-electron chi connectivity index (χ4n) is 5.43. The first kappa shape index (κ1) is 25.1. The van der Waals surface area contributed by atoms with Crippen LogP contribution in [0.5, 0.6) is 11.5 Å². The van der Waals surface area contributed by atoms with E-state index in [4.69, 9.17) is 9.47 Å². The van der Waals surface area contributed by atoms with Crippen molar-refractivity contribution in [1.29, 1.82) is 0 Å². The van der Waals surface area contributed by atoms with E-state index in [9.17, 15) is 0 Å². The van der Waals surface area contributed by atoms with Gasteiger partial charge >= 0.3 is 0 Å². The number of fused-ring (bicyclic) bond motifs is 1. The zero-order chi connectivity index (χ0) is 24.6. The largest absolute Gasteiger partial charge is 0.497 e. The third-order valence-electron chi connectivity index (χ3n) is 7.37. The molecule has 1 atom stereocenters. The van der Waals surface area contributed by atoms with Crippen molar-refractivity contribution in [1.82, 2.24) is 0 Å². The van der Waals surface area contributed by atoms with Crippen LogP contribution in [0, 0.1) is 0 Å². The van der Waals surface area contributed by atoms with E-state index in [-0.39, 0.29) is 0 Å². The van der Waals surface area contributed by atoms with Crippen molar-refractivity contribution in [3.63, 3.8) is 0 Å². The molecule has 1 aliphatic carbocycles. The summed E-state index contributed by atoms with van der Waals surface area (Å²) in [5.41, 5.74) is 10.3. The summed E-state index contributed by atoms with van der Waals surface area (Å²) in [5, 5.41) is 0. The first-order chi connectivity index (χ1) is 17.1. The highest BCUT2D eigenvalue weighted by molar-refractivity contribution is 5.46. The van der Waals surface area contributed by atoms with Gasteiger partial charge in [0.05, 0.1) is 13.7 Å². The van der Waals surface area contributed by atoms with Gasteiger partial charge in [0.2, 0.25) is 0 Å². The molecule has 35 heavy (non-hydrogen) atoms. The fraction of sp³-hybridized carbons (Fsp3) is 0.394. The average Bonchev–Trinajstić information content (AvgIpc) is 3.37. The van der Waals surface area contributed by atoms with Crippen molar-refractivity contribution >= 4 is 0 Å². The molecule has 1 aliphatic rings. The van der Waals surface area contributed by atoms with Crippen LogP contribution in [0.25, 0.3) is 0 Å². The summed E-state index contributed by atoms with van der Waals surface area (Å²) < 4.78 is 11.2. The van der Waals surface area contributed by atoms with Gasteiger partial charge in [0.1, 0.15) is 11.5 Å². The lowest BCUT2D eigenvalue weighted by Gasteiger charge is -2.21. The Hall–Kier alpha value is -3.00. The Morgan fingerprint density at radius 3 is 2.14 bits per heavy atom. The van der Waals surface area contributed by atoms with Gasteiger partial charge in [-0.1, -0.05) is 48.9 Å². The Labute approximate surface area is 212 Å². The van der Waals surface area contributed by atoms with Gasteiger partial charge in [-0.15, -0.1) is 6.58 Å². The van der Waals surface area contributed by atoms with Crippen molar-refractivity contribution in [3.05, 3.63) is 106 Å². The maximum atomic E-state index is 5.98. The Kier molecular flexibility index (Phi) is 8.69. The summed E-state index contributed by atoms with van der Waals surface area (Å²) >= 11 is 0. The average molecular weight is 469 g/mol. The monoisotopic (exact) mass is 468 g/mol. The predicted octanol–water partition coefficient (Wildman–Crippen LogP) is 8.05. The van der Waals surface area contributed by atoms with Crippen LogP contribution >= 0.6 is 0 Å². The second-order valence-corrected chi connectivity index (χ2v) is 9.98. The van der Waals surface area contributed by atoms with E-state index in [2.05, 4.69) is 69.0 Å². The van der Waals surface area contributed by atoms with Crippen molar-refractivity contribution in [2.45, 2.75) is 71.1 Å². The smallest absolute Gasteiger partial charge is 0.119 e. The molecular formula is C33H40O2. The van der Waals surface area contributed by atoms with E-state index in [1.807, 2.05) is 12.1 Å². The van der Waals surface area contributed by atoms with E-state index in [0.717, 1.165) is 37.2 Å². The molecule has 0 aliphatic heterocycles. The zero-order valence-electron chi connectivity index (χ0n) is 21.7. The van der Waals surface area contributed by atoms with Crippen molar-refractivity contribution < 1.29 is 9.47 Å². The highest BCUT2D eigenvalue weighted by Crippen LogP contribution is 2.36. The van der Waals surface area contributed by atoms with Crippen molar-refractivity contribution in [3.8, 4) is 11.5 Å². The molecule has 0 fully saturated rings. The molecule has 0 saturated carbocycles. The minimum absolute atomic E-state index is 0.616. The van der Waals surface area contributed by atoms with E-state index >= 15 is 0 Å². The lowest BCUT2D eigenvalue weighted by molar-refractivity contribution is 0.322. The number of methoxy groups -OCH3 is 1. The van der Waals surface area contributed by atoms with Gasteiger partial charge in [-0.3, -0.25) is 0 Å². The maximum absolute atomic E-state index is 5.98. The van der Waals surface area contributed by atoms with E-state index < -0.39 is 0 Å². The van der Waals surface area contributed by atoms with Crippen LogP contribution in [-0.2, 0) is 32.1 Å². The minimum atomic E-state index is 0.616. The number of rotatable bonds is 12. The van der Waals surface area contributed by atoms with Crippen LogP contribution in [0.3, 0.4) is 0 Å². The summed E-state index contributed by atoms with van der Waals surface area (Å²) in [6.07, 6.45) is 9.14. The van der Waals surface area contributed by atoms with Crippen molar-refractivity contribution in [2.75, 3.05) is 13.7 Å². The van der Waals surface area contributed by atoms with Gasteiger partial charge in [0, 0.05) is 6.42 Å². The second kappa shape index (κ2) is 12.1. The lowest BCUT2D eigenvalue weighted by atomic mass is 9.84. The van der Waals surface area contributed by atoms with Crippen LogP contribution in [-0.4, -0.2) is 13.7 Å². The molecule has 0 saturated heterocycles. The normalized spacial score (nSPS) is 13.3. The predicted molar refractivity (Wildman–Crippen MR) is 147 cm³/mol. The third-order valence-corrected chi connectivity index (χ3v) is 7.37. The van der Waals surface area contributed by atoms with Gasteiger partial charge in [-0.2, -0.15) is 0 Å². The first-order valence-electron chi connectivity index (χ1n) is 13.2. The Morgan fingerprint density at radius 2 is 1.49 bits per heavy atom. The highest BCUT2D eigenvalue weighted by Gasteiger charge is 2.22. The molecule has 0 N–H and O–H groups in total. The van der Waals surface area contributed by atoms with Crippen molar-refractivity contribution in [2.24, 2.45) is 0 Å². The summed E-state index contributed by atoms with van der Waals surface area (Å²) in [5.74, 6) is 2.44. The fourth-order valence-corrected chi connectivity index (χ4v) is 5.43. The first-order valence-corrected chi connectivity index (χ1v) is 13.2. The van der Waals surface area contributed by atoms with Crippen LogP contribution in [0.1, 0.15) is 72.4 Å². The molecule has 2 heteroatoms. The summed E-state index contributed by atoms with van der Waals surface area (Å²) in [6.45, 7) is 9.32. The molecule has 3 aromatic carbocycles. The zero-order valence-corrected chi connectivity index (χ0v) is 21.7. The number of allylic oxidation sites excluding steroid dienone is 1. The van der Waals surface area contributed by atoms with E-state index in [1.165, 1.54) is 42.4 Å². The van der Waals surface area contributed by atoms with E-state index in [1.54, 1.807) is 29.4 Å². The minimum Gasteiger partial charge on any atom is -0.497 e. The molecule has 0 heterocycles. The second-order valence-electron chi connectivity index (χ2n) is 9.98. The van der Waals surface area contributed by atoms with Crippen LogP contribution in [0.2, 0.25) is 0 Å². The highest BCUT2D eigenvalue weighted by atomic mass is 16.5. The molecule has 4 rings (SSSR count). The Morgan fingerprint density at radius 1 is 0.829 bits per heavy atom. The maximum Gasteiger partial charge on any atom is 0.119 e. The summed E-state index contributed by atoms with van der Waals surface area (Å²) in [6, 6.07) is 21.7.